The third kappa shape index (κ3) is 3.16. The predicted molar refractivity (Wildman–Crippen MR) is 83.6 cm³/mol. The van der Waals surface area contributed by atoms with Crippen LogP contribution in [0, 0.1) is 0 Å². The number of hydrogen-bond donors (Lipinski definition) is 2. The van der Waals surface area contributed by atoms with Crippen LogP contribution in [0.2, 0.25) is 5.02 Å². The van der Waals surface area contributed by atoms with E-state index in [0.29, 0.717) is 10.0 Å². The zero-order valence-corrected chi connectivity index (χ0v) is 11.9. The molecule has 0 bridgehead atoms. The Morgan fingerprint density at radius 2 is 1.95 bits per heavy atom. The van der Waals surface area contributed by atoms with Crippen molar-refractivity contribution in [3.05, 3.63) is 53.1 Å². The van der Waals surface area contributed by atoms with Crippen molar-refractivity contribution in [3.63, 3.8) is 0 Å². The summed E-state index contributed by atoms with van der Waals surface area (Å²) >= 11 is 11.1. The van der Waals surface area contributed by atoms with Crippen molar-refractivity contribution in [2.45, 2.75) is 0 Å². The molecular weight excluding hydrogens is 280 g/mol. The summed E-state index contributed by atoms with van der Waals surface area (Å²) in [6, 6.07) is 13.0. The van der Waals surface area contributed by atoms with E-state index in [2.05, 4.69) is 5.32 Å². The fraction of sp³-hybridized carbons (Fsp3) is 0.0714. The Labute approximate surface area is 122 Å². The standard InChI is InChI=1S/C14H13ClN2OS/c1-18-13-5-3-2-4-12(13)17-11-7-6-9(14(16)19)8-10(11)15/h2-8,17H,1H3,(H2,16,19). The topological polar surface area (TPSA) is 47.3 Å². The molecule has 3 N–H and O–H groups in total. The molecule has 0 atom stereocenters. The molecule has 0 unspecified atom stereocenters. The summed E-state index contributed by atoms with van der Waals surface area (Å²) in [6.07, 6.45) is 0. The normalized spacial score (nSPS) is 10.0. The molecule has 0 fully saturated rings. The van der Waals surface area contributed by atoms with Crippen LogP contribution in [0.15, 0.2) is 42.5 Å². The van der Waals surface area contributed by atoms with Gasteiger partial charge in [0.25, 0.3) is 0 Å². The number of para-hydroxylation sites is 2. The summed E-state index contributed by atoms with van der Waals surface area (Å²) in [6.45, 7) is 0. The molecule has 0 saturated heterocycles. The smallest absolute Gasteiger partial charge is 0.142 e. The minimum Gasteiger partial charge on any atom is -0.495 e. The van der Waals surface area contributed by atoms with E-state index >= 15 is 0 Å². The van der Waals surface area contributed by atoms with E-state index in [0.717, 1.165) is 22.7 Å². The Morgan fingerprint density at radius 1 is 1.21 bits per heavy atom. The summed E-state index contributed by atoms with van der Waals surface area (Å²) in [5, 5.41) is 3.77. The van der Waals surface area contributed by atoms with Gasteiger partial charge in [-0.15, -0.1) is 0 Å². The zero-order valence-electron chi connectivity index (χ0n) is 10.3. The van der Waals surface area contributed by atoms with Crippen LogP contribution >= 0.6 is 23.8 Å². The van der Waals surface area contributed by atoms with Crippen molar-refractivity contribution >= 4 is 40.2 Å². The molecule has 0 aliphatic carbocycles. The maximum absolute atomic E-state index is 6.20. The van der Waals surface area contributed by atoms with Crippen molar-refractivity contribution < 1.29 is 4.74 Å². The number of rotatable bonds is 4. The molecule has 0 aliphatic rings. The Morgan fingerprint density at radius 3 is 2.58 bits per heavy atom. The zero-order chi connectivity index (χ0) is 13.8. The lowest BCUT2D eigenvalue weighted by Gasteiger charge is -2.12. The second-order valence-electron chi connectivity index (χ2n) is 3.88. The Balaban J connectivity index is 2.31. The van der Waals surface area contributed by atoms with E-state index in [4.69, 9.17) is 34.3 Å². The van der Waals surface area contributed by atoms with Gasteiger partial charge in [0.2, 0.25) is 0 Å². The molecule has 0 spiro atoms. The molecule has 2 rings (SSSR count). The highest BCUT2D eigenvalue weighted by Crippen LogP contribution is 2.31. The number of halogens is 1. The lowest BCUT2D eigenvalue weighted by atomic mass is 10.2. The first-order chi connectivity index (χ1) is 9.11. The fourth-order valence-corrected chi connectivity index (χ4v) is 2.02. The average Bonchev–Trinajstić information content (AvgIpc) is 2.41. The highest BCUT2D eigenvalue weighted by Gasteiger charge is 2.06. The van der Waals surface area contributed by atoms with Gasteiger partial charge < -0.3 is 15.8 Å². The number of hydrogen-bond acceptors (Lipinski definition) is 3. The third-order valence-corrected chi connectivity index (χ3v) is 3.18. The molecule has 0 amide bonds. The van der Waals surface area contributed by atoms with Gasteiger partial charge in [-0.25, -0.2) is 0 Å². The first-order valence-corrected chi connectivity index (χ1v) is 6.40. The van der Waals surface area contributed by atoms with E-state index in [1.165, 1.54) is 0 Å². The van der Waals surface area contributed by atoms with Crippen molar-refractivity contribution in [1.29, 1.82) is 0 Å². The monoisotopic (exact) mass is 292 g/mol. The van der Waals surface area contributed by atoms with E-state index in [1.54, 1.807) is 13.2 Å². The van der Waals surface area contributed by atoms with Gasteiger partial charge in [0, 0.05) is 5.56 Å². The molecular formula is C14H13ClN2OS. The van der Waals surface area contributed by atoms with Gasteiger partial charge in [0.1, 0.15) is 10.7 Å². The number of methoxy groups -OCH3 is 1. The van der Waals surface area contributed by atoms with E-state index in [9.17, 15) is 0 Å². The SMILES string of the molecule is COc1ccccc1Nc1ccc(C(N)=S)cc1Cl. The van der Waals surface area contributed by atoms with Crippen molar-refractivity contribution in [2.75, 3.05) is 12.4 Å². The van der Waals surface area contributed by atoms with Crippen LogP contribution in [0.4, 0.5) is 11.4 Å². The van der Waals surface area contributed by atoms with E-state index < -0.39 is 0 Å². The highest BCUT2D eigenvalue weighted by atomic mass is 35.5. The van der Waals surface area contributed by atoms with Gasteiger partial charge in [-0.1, -0.05) is 36.0 Å². The third-order valence-electron chi connectivity index (χ3n) is 2.63. The molecule has 0 heterocycles. The molecule has 0 aromatic heterocycles. The number of nitrogens with two attached hydrogens (primary N) is 1. The summed E-state index contributed by atoms with van der Waals surface area (Å²) in [5.74, 6) is 0.747. The van der Waals surface area contributed by atoms with Crippen LogP contribution in [-0.2, 0) is 0 Å². The van der Waals surface area contributed by atoms with Crippen LogP contribution in [0.3, 0.4) is 0 Å². The summed E-state index contributed by atoms with van der Waals surface area (Å²) in [4.78, 5) is 0.325. The molecule has 5 heteroatoms. The minimum absolute atomic E-state index is 0.325. The van der Waals surface area contributed by atoms with E-state index in [-0.39, 0.29) is 0 Å². The van der Waals surface area contributed by atoms with Crippen molar-refractivity contribution in [2.24, 2.45) is 5.73 Å². The molecule has 2 aromatic rings. The second kappa shape index (κ2) is 5.91. The number of thiocarbonyl (C=S) groups is 1. The van der Waals surface area contributed by atoms with Gasteiger partial charge >= 0.3 is 0 Å². The quantitative estimate of drug-likeness (QED) is 0.843. The summed E-state index contributed by atoms with van der Waals surface area (Å²) in [5.41, 5.74) is 7.92. The number of ether oxygens (including phenoxy) is 1. The Hall–Kier alpha value is -1.78. The number of nitrogens with one attached hydrogen (secondary N) is 1. The number of anilines is 2. The summed E-state index contributed by atoms with van der Waals surface area (Å²) < 4.78 is 5.27. The van der Waals surface area contributed by atoms with Crippen molar-refractivity contribution in [3.8, 4) is 5.75 Å². The maximum atomic E-state index is 6.20. The lowest BCUT2D eigenvalue weighted by molar-refractivity contribution is 0.417. The highest BCUT2D eigenvalue weighted by molar-refractivity contribution is 7.80. The predicted octanol–water partition coefficient (Wildman–Crippen LogP) is 3.73. The van der Waals surface area contributed by atoms with Gasteiger partial charge in [0.15, 0.2) is 0 Å². The second-order valence-corrected chi connectivity index (χ2v) is 4.73. The molecule has 3 nitrogen and oxygen atoms in total. The largest absolute Gasteiger partial charge is 0.495 e. The van der Waals surface area contributed by atoms with Crippen LogP contribution in [0.5, 0.6) is 5.75 Å². The Bertz CT molecular complexity index is 616. The van der Waals surface area contributed by atoms with E-state index in [1.807, 2.05) is 36.4 Å². The van der Waals surface area contributed by atoms with Crippen molar-refractivity contribution in [1.82, 2.24) is 0 Å². The summed E-state index contributed by atoms with van der Waals surface area (Å²) in [7, 11) is 1.62. The van der Waals surface area contributed by atoms with Gasteiger partial charge in [0.05, 0.1) is 23.5 Å². The Kier molecular flexibility index (Phi) is 4.24. The van der Waals surface area contributed by atoms with Gasteiger partial charge in [-0.2, -0.15) is 0 Å². The van der Waals surface area contributed by atoms with Gasteiger partial charge in [-0.3, -0.25) is 0 Å². The molecule has 98 valence electrons. The molecule has 0 radical (unpaired) electrons. The molecule has 0 saturated carbocycles. The minimum atomic E-state index is 0.325. The first kappa shape index (κ1) is 13.6. The average molecular weight is 293 g/mol. The fourth-order valence-electron chi connectivity index (χ4n) is 1.66. The molecule has 0 aliphatic heterocycles. The molecule has 19 heavy (non-hydrogen) atoms. The number of benzene rings is 2. The molecule has 2 aromatic carbocycles. The maximum Gasteiger partial charge on any atom is 0.142 e. The lowest BCUT2D eigenvalue weighted by Crippen LogP contribution is -2.09. The van der Waals surface area contributed by atoms with Crippen LogP contribution in [0.1, 0.15) is 5.56 Å². The van der Waals surface area contributed by atoms with Crippen LogP contribution in [-0.4, -0.2) is 12.1 Å². The first-order valence-electron chi connectivity index (χ1n) is 5.61. The van der Waals surface area contributed by atoms with Crippen LogP contribution in [0.25, 0.3) is 0 Å². The van der Waals surface area contributed by atoms with Crippen LogP contribution < -0.4 is 15.8 Å². The van der Waals surface area contributed by atoms with Gasteiger partial charge in [-0.05, 0) is 30.3 Å².